The molecule has 5 heteroatoms. The first-order valence-electron chi connectivity index (χ1n) is 4.28. The lowest BCUT2D eigenvalue weighted by Gasteiger charge is -1.98. The molecule has 0 amide bonds. The number of aldehydes is 1. The number of carbonyl (C=O) groups excluding carboxylic acids is 1. The van der Waals surface area contributed by atoms with Gasteiger partial charge in [-0.2, -0.15) is 0 Å². The molecule has 0 bridgehead atoms. The second-order valence-electron chi connectivity index (χ2n) is 3.05. The minimum absolute atomic E-state index is 0.489. The summed E-state index contributed by atoms with van der Waals surface area (Å²) in [6, 6.07) is 0. The summed E-state index contributed by atoms with van der Waals surface area (Å²) in [5.41, 5.74) is 2.05. The molecular formula is C9H9ClN2OS. The van der Waals surface area contributed by atoms with Gasteiger partial charge < -0.3 is 4.79 Å². The van der Waals surface area contributed by atoms with E-state index in [1.807, 2.05) is 16.7 Å². The van der Waals surface area contributed by atoms with Crippen molar-refractivity contribution in [3.8, 4) is 0 Å². The van der Waals surface area contributed by atoms with Gasteiger partial charge in [-0.05, 0) is 13.3 Å². The van der Waals surface area contributed by atoms with Crippen LogP contribution in [0.4, 0.5) is 0 Å². The van der Waals surface area contributed by atoms with Crippen LogP contribution in [0.3, 0.4) is 0 Å². The van der Waals surface area contributed by atoms with Crippen molar-refractivity contribution in [3.63, 3.8) is 0 Å². The van der Waals surface area contributed by atoms with Crippen LogP contribution in [0.25, 0.3) is 4.96 Å². The molecule has 0 aromatic carbocycles. The zero-order valence-corrected chi connectivity index (χ0v) is 9.23. The van der Waals surface area contributed by atoms with Crippen LogP contribution >= 0.6 is 22.9 Å². The topological polar surface area (TPSA) is 34.4 Å². The Morgan fingerprint density at radius 1 is 1.71 bits per heavy atom. The lowest BCUT2D eigenvalue weighted by atomic mass is 10.2. The van der Waals surface area contributed by atoms with E-state index in [1.165, 1.54) is 0 Å². The average Bonchev–Trinajstić information content (AvgIpc) is 2.64. The van der Waals surface area contributed by atoms with Crippen LogP contribution in [0, 0.1) is 6.92 Å². The normalized spacial score (nSPS) is 11.0. The van der Waals surface area contributed by atoms with E-state index in [4.69, 9.17) is 11.6 Å². The zero-order valence-electron chi connectivity index (χ0n) is 7.66. The first-order valence-corrected chi connectivity index (χ1v) is 5.54. The second kappa shape index (κ2) is 3.71. The summed E-state index contributed by atoms with van der Waals surface area (Å²) >= 11 is 7.54. The molecule has 0 atom stereocenters. The lowest BCUT2D eigenvalue weighted by Crippen LogP contribution is -1.94. The van der Waals surface area contributed by atoms with E-state index in [0.29, 0.717) is 18.0 Å². The molecule has 2 aromatic rings. The molecule has 2 aromatic heterocycles. The van der Waals surface area contributed by atoms with Gasteiger partial charge in [0.05, 0.1) is 5.69 Å². The fraction of sp³-hybridized carbons (Fsp3) is 0.333. The maximum atomic E-state index is 10.3. The van der Waals surface area contributed by atoms with E-state index in [9.17, 15) is 4.79 Å². The van der Waals surface area contributed by atoms with E-state index in [2.05, 4.69) is 4.98 Å². The van der Waals surface area contributed by atoms with Crippen LogP contribution < -0.4 is 0 Å². The van der Waals surface area contributed by atoms with Gasteiger partial charge in [0.25, 0.3) is 0 Å². The molecule has 2 rings (SSSR count). The minimum Gasteiger partial charge on any atom is -0.303 e. The first-order chi connectivity index (χ1) is 6.74. The summed E-state index contributed by atoms with van der Waals surface area (Å²) in [6.45, 7) is 2.01. The number of aryl methyl sites for hydroxylation is 2. The monoisotopic (exact) mass is 228 g/mol. The van der Waals surface area contributed by atoms with Gasteiger partial charge in [-0.1, -0.05) is 11.6 Å². The van der Waals surface area contributed by atoms with E-state index < -0.39 is 0 Å². The third-order valence-electron chi connectivity index (χ3n) is 2.08. The molecule has 74 valence electrons. The number of imidazole rings is 1. The van der Waals surface area contributed by atoms with Crippen LogP contribution in [0.15, 0.2) is 5.38 Å². The predicted molar refractivity (Wildman–Crippen MR) is 57.2 cm³/mol. The van der Waals surface area contributed by atoms with Crippen molar-refractivity contribution in [2.75, 3.05) is 0 Å². The summed E-state index contributed by atoms with van der Waals surface area (Å²) in [5.74, 6) is 0. The van der Waals surface area contributed by atoms with Crippen LogP contribution in [0.1, 0.15) is 17.8 Å². The van der Waals surface area contributed by atoms with Crippen LogP contribution in [-0.4, -0.2) is 15.7 Å². The van der Waals surface area contributed by atoms with Crippen molar-refractivity contribution in [1.29, 1.82) is 0 Å². The standard InChI is InChI=1S/C9H9ClN2OS/c1-6-5-14-9-11-8(10)7(12(6)9)3-2-4-13/h4-5H,2-3H2,1H3. The van der Waals surface area contributed by atoms with Gasteiger partial charge in [-0.25, -0.2) is 4.98 Å². The Labute approximate surface area is 90.3 Å². The highest BCUT2D eigenvalue weighted by atomic mass is 35.5. The van der Waals surface area contributed by atoms with Gasteiger partial charge >= 0.3 is 0 Å². The Kier molecular flexibility index (Phi) is 2.56. The molecule has 0 radical (unpaired) electrons. The van der Waals surface area contributed by atoms with Crippen molar-refractivity contribution in [3.05, 3.63) is 21.9 Å². The fourth-order valence-corrected chi connectivity index (χ4v) is 2.64. The fourth-order valence-electron chi connectivity index (χ4n) is 1.45. The first kappa shape index (κ1) is 9.68. The Balaban J connectivity index is 2.53. The molecular weight excluding hydrogens is 220 g/mol. The smallest absolute Gasteiger partial charge is 0.195 e. The second-order valence-corrected chi connectivity index (χ2v) is 4.24. The maximum Gasteiger partial charge on any atom is 0.195 e. The third kappa shape index (κ3) is 1.44. The molecule has 2 heterocycles. The summed E-state index contributed by atoms with van der Waals surface area (Å²) in [6.07, 6.45) is 2.04. The molecule has 14 heavy (non-hydrogen) atoms. The number of thiazole rings is 1. The lowest BCUT2D eigenvalue weighted by molar-refractivity contribution is -0.107. The number of hydrogen-bond acceptors (Lipinski definition) is 3. The number of hydrogen-bond donors (Lipinski definition) is 0. The molecule has 0 saturated carbocycles. The Morgan fingerprint density at radius 3 is 3.21 bits per heavy atom. The van der Waals surface area contributed by atoms with Gasteiger partial charge in [-0.15, -0.1) is 11.3 Å². The van der Waals surface area contributed by atoms with Gasteiger partial charge in [0.1, 0.15) is 6.29 Å². The van der Waals surface area contributed by atoms with Crippen molar-refractivity contribution in [1.82, 2.24) is 9.38 Å². The largest absolute Gasteiger partial charge is 0.303 e. The van der Waals surface area contributed by atoms with E-state index >= 15 is 0 Å². The number of nitrogens with zero attached hydrogens (tertiary/aromatic N) is 2. The summed E-state index contributed by atoms with van der Waals surface area (Å²) in [5, 5.41) is 2.55. The third-order valence-corrected chi connectivity index (χ3v) is 3.33. The SMILES string of the molecule is Cc1csc2nc(Cl)c(CCC=O)n12. The number of carbonyl (C=O) groups is 1. The minimum atomic E-state index is 0.489. The molecule has 0 aliphatic carbocycles. The van der Waals surface area contributed by atoms with Crippen LogP contribution in [-0.2, 0) is 11.2 Å². The number of halogens is 1. The van der Waals surface area contributed by atoms with Gasteiger partial charge in [0.2, 0.25) is 0 Å². The molecule has 3 nitrogen and oxygen atoms in total. The highest BCUT2D eigenvalue weighted by Crippen LogP contribution is 2.24. The summed E-state index contributed by atoms with van der Waals surface area (Å²) in [7, 11) is 0. The van der Waals surface area contributed by atoms with Crippen LogP contribution in [0.5, 0.6) is 0 Å². The number of fused-ring (bicyclic) bond motifs is 1. The molecule has 0 fully saturated rings. The van der Waals surface area contributed by atoms with Crippen molar-refractivity contribution < 1.29 is 4.79 Å². The van der Waals surface area contributed by atoms with Gasteiger partial charge in [0, 0.05) is 17.5 Å². The number of aromatic nitrogens is 2. The molecule has 0 aliphatic heterocycles. The molecule has 0 aliphatic rings. The molecule has 0 spiro atoms. The Morgan fingerprint density at radius 2 is 2.50 bits per heavy atom. The van der Waals surface area contributed by atoms with Crippen molar-refractivity contribution in [2.24, 2.45) is 0 Å². The van der Waals surface area contributed by atoms with E-state index in [-0.39, 0.29) is 0 Å². The summed E-state index contributed by atoms with van der Waals surface area (Å²) < 4.78 is 2.01. The Bertz CT molecular complexity index is 474. The average molecular weight is 229 g/mol. The quantitative estimate of drug-likeness (QED) is 0.757. The zero-order chi connectivity index (χ0) is 10.1. The molecule has 0 saturated heterocycles. The highest BCUT2D eigenvalue weighted by molar-refractivity contribution is 7.15. The maximum absolute atomic E-state index is 10.3. The summed E-state index contributed by atoms with van der Waals surface area (Å²) in [4.78, 5) is 15.4. The molecule has 0 unspecified atom stereocenters. The highest BCUT2D eigenvalue weighted by Gasteiger charge is 2.12. The number of rotatable bonds is 3. The van der Waals surface area contributed by atoms with Crippen LogP contribution in [0.2, 0.25) is 5.15 Å². The van der Waals surface area contributed by atoms with Crippen molar-refractivity contribution in [2.45, 2.75) is 19.8 Å². The van der Waals surface area contributed by atoms with Crippen molar-refractivity contribution >= 4 is 34.2 Å². The van der Waals surface area contributed by atoms with Gasteiger partial charge in [-0.3, -0.25) is 4.40 Å². The molecule has 0 N–H and O–H groups in total. The Hall–Kier alpha value is -0.870. The van der Waals surface area contributed by atoms with Gasteiger partial charge in [0.15, 0.2) is 10.1 Å². The van der Waals surface area contributed by atoms with E-state index in [1.54, 1.807) is 11.3 Å². The predicted octanol–water partition coefficient (Wildman–Crippen LogP) is 2.49. The van der Waals surface area contributed by atoms with E-state index in [0.717, 1.165) is 22.6 Å².